The molecule has 0 saturated heterocycles. The van der Waals surface area contributed by atoms with E-state index in [1.54, 1.807) is 0 Å². The van der Waals surface area contributed by atoms with Crippen molar-refractivity contribution in [2.45, 2.75) is 96.6 Å². The summed E-state index contributed by atoms with van der Waals surface area (Å²) in [7, 11) is 0. The molecule has 0 bridgehead atoms. The fraction of sp³-hybridized carbons (Fsp3) is 0.714. The maximum atomic E-state index is 13.6. The van der Waals surface area contributed by atoms with Crippen molar-refractivity contribution in [2.24, 2.45) is 0 Å². The molecule has 1 atom stereocenters. The van der Waals surface area contributed by atoms with Crippen LogP contribution in [0, 0.1) is 23.3 Å². The monoisotopic (exact) mass is 408 g/mol. The average molecular weight is 408 g/mol. The maximum absolute atomic E-state index is 13.6. The van der Waals surface area contributed by atoms with E-state index in [4.69, 9.17) is 14.9 Å². The molecule has 28 heavy (non-hydrogen) atoms. The van der Waals surface area contributed by atoms with E-state index in [-0.39, 0.29) is 18.1 Å². The second kappa shape index (κ2) is 13.9. The smallest absolute Gasteiger partial charge is 0.266 e. The third-order valence-corrected chi connectivity index (χ3v) is 4.84. The van der Waals surface area contributed by atoms with Crippen LogP contribution in [-0.2, 0) is 11.2 Å². The van der Waals surface area contributed by atoms with Gasteiger partial charge in [0.05, 0.1) is 6.10 Å². The van der Waals surface area contributed by atoms with Crippen LogP contribution in [0.25, 0.3) is 0 Å². The van der Waals surface area contributed by atoms with Gasteiger partial charge in [0.1, 0.15) is 0 Å². The molecule has 162 valence electrons. The van der Waals surface area contributed by atoms with Crippen molar-refractivity contribution in [3.8, 4) is 0 Å². The van der Waals surface area contributed by atoms with Crippen molar-refractivity contribution in [1.29, 1.82) is 0 Å². The number of benzene rings is 1. The van der Waals surface area contributed by atoms with Gasteiger partial charge in [-0.05, 0) is 37.3 Å². The van der Waals surface area contributed by atoms with Crippen LogP contribution in [0.1, 0.15) is 83.1 Å². The van der Waals surface area contributed by atoms with Crippen LogP contribution in [0.5, 0.6) is 0 Å². The van der Waals surface area contributed by atoms with E-state index in [1.807, 2.05) is 0 Å². The molecule has 0 aromatic heterocycles. The zero-order chi connectivity index (χ0) is 20.9. The van der Waals surface area contributed by atoms with Gasteiger partial charge in [0.2, 0.25) is 0 Å². The molecule has 0 aliphatic heterocycles. The molecule has 1 aromatic rings. The summed E-state index contributed by atoms with van der Waals surface area (Å²) < 4.78 is 58.2. The molecule has 0 aliphatic carbocycles. The maximum Gasteiger partial charge on any atom is 0.266 e. The molecule has 0 aliphatic rings. The van der Waals surface area contributed by atoms with Gasteiger partial charge in [-0.1, -0.05) is 58.3 Å². The Hall–Kier alpha value is -1.18. The highest BCUT2D eigenvalue weighted by molar-refractivity contribution is 5.21. The summed E-state index contributed by atoms with van der Waals surface area (Å²) >= 11 is 0. The van der Waals surface area contributed by atoms with Crippen LogP contribution in [0.2, 0.25) is 0 Å². The molecule has 2 N–H and O–H groups in total. The molecule has 1 unspecified atom stereocenters. The first-order valence-corrected chi connectivity index (χ1v) is 10.2. The minimum Gasteiger partial charge on any atom is -0.346 e. The van der Waals surface area contributed by atoms with Crippen molar-refractivity contribution in [3.05, 3.63) is 34.9 Å². The van der Waals surface area contributed by atoms with Crippen LogP contribution in [0.15, 0.2) is 6.07 Å². The van der Waals surface area contributed by atoms with E-state index in [2.05, 4.69) is 6.92 Å². The van der Waals surface area contributed by atoms with Crippen molar-refractivity contribution < 1.29 is 32.5 Å². The van der Waals surface area contributed by atoms with Crippen LogP contribution >= 0.6 is 0 Å². The lowest BCUT2D eigenvalue weighted by molar-refractivity contribution is -0.257. The first kappa shape index (κ1) is 24.9. The Balaban J connectivity index is 2.35. The number of aliphatic hydroxyl groups excluding tert-OH is 1. The van der Waals surface area contributed by atoms with Crippen LogP contribution in [0.4, 0.5) is 17.6 Å². The lowest BCUT2D eigenvalue weighted by Crippen LogP contribution is -2.21. The topological polar surface area (TPSA) is 49.7 Å². The number of rotatable bonds is 15. The highest BCUT2D eigenvalue weighted by Crippen LogP contribution is 2.22. The van der Waals surface area contributed by atoms with E-state index in [9.17, 15) is 17.6 Å². The van der Waals surface area contributed by atoms with Gasteiger partial charge in [-0.15, -0.1) is 0 Å². The number of hydrogen-bond donors (Lipinski definition) is 2. The zero-order valence-electron chi connectivity index (χ0n) is 16.5. The van der Waals surface area contributed by atoms with Crippen molar-refractivity contribution >= 4 is 0 Å². The molecule has 0 spiro atoms. The minimum atomic E-state index is -1.85. The second-order valence-electron chi connectivity index (χ2n) is 7.20. The van der Waals surface area contributed by atoms with Crippen LogP contribution in [-0.4, -0.2) is 22.8 Å². The summed E-state index contributed by atoms with van der Waals surface area (Å²) in [5.74, 6) is -6.36. The molecule has 0 fully saturated rings. The largest absolute Gasteiger partial charge is 0.346 e. The highest BCUT2D eigenvalue weighted by Gasteiger charge is 2.19. The molecule has 0 saturated carbocycles. The predicted molar refractivity (Wildman–Crippen MR) is 99.5 cm³/mol. The number of hydrogen-bond acceptors (Lipinski definition) is 3. The van der Waals surface area contributed by atoms with Gasteiger partial charge in [0.25, 0.3) is 6.48 Å². The third-order valence-electron chi connectivity index (χ3n) is 4.84. The van der Waals surface area contributed by atoms with Crippen molar-refractivity contribution in [1.82, 2.24) is 0 Å². The molecular weight excluding hydrogens is 376 g/mol. The number of aryl methyl sites for hydroxylation is 1. The fourth-order valence-corrected chi connectivity index (χ4v) is 3.27. The van der Waals surface area contributed by atoms with Crippen molar-refractivity contribution in [3.63, 3.8) is 0 Å². The molecule has 0 radical (unpaired) electrons. The quantitative estimate of drug-likeness (QED) is 0.128. The molecule has 0 amide bonds. The molecular formula is C21H32F4O3. The lowest BCUT2D eigenvalue weighted by Gasteiger charge is -2.19. The standard InChI is InChI=1S/C21H32F4O3/c1-2-3-4-5-6-7-8-12-16(28-21(26)27)13-10-9-11-15-14-17(22)19(24)20(25)18(15)23/h14,16,21,26-27H,2-13H2,1H3. The predicted octanol–water partition coefficient (Wildman–Crippen LogP) is 5.75. The van der Waals surface area contributed by atoms with Gasteiger partial charge in [-0.25, -0.2) is 17.6 Å². The number of ether oxygens (including phenoxy) is 1. The number of unbranched alkanes of at least 4 members (excludes halogenated alkanes) is 7. The highest BCUT2D eigenvalue weighted by atomic mass is 19.2. The Bertz CT molecular complexity index is 567. The van der Waals surface area contributed by atoms with E-state index in [0.717, 1.165) is 19.3 Å². The van der Waals surface area contributed by atoms with Crippen LogP contribution in [0.3, 0.4) is 0 Å². The van der Waals surface area contributed by atoms with Crippen LogP contribution < -0.4 is 0 Å². The number of halogens is 4. The summed E-state index contributed by atoms with van der Waals surface area (Å²) in [5, 5.41) is 18.1. The van der Waals surface area contributed by atoms with Gasteiger partial charge in [-0.3, -0.25) is 0 Å². The van der Waals surface area contributed by atoms with Gasteiger partial charge < -0.3 is 14.9 Å². The molecule has 1 rings (SSSR count). The summed E-state index contributed by atoms with van der Waals surface area (Å²) in [6, 6.07) is 0.678. The van der Waals surface area contributed by atoms with Gasteiger partial charge >= 0.3 is 0 Å². The normalized spacial score (nSPS) is 12.7. The molecule has 1 aromatic carbocycles. The van der Waals surface area contributed by atoms with Gasteiger partial charge in [0, 0.05) is 0 Å². The Morgan fingerprint density at radius 3 is 1.96 bits per heavy atom. The first-order valence-electron chi connectivity index (χ1n) is 10.2. The Morgan fingerprint density at radius 1 is 0.786 bits per heavy atom. The zero-order valence-corrected chi connectivity index (χ0v) is 16.5. The van der Waals surface area contributed by atoms with Gasteiger partial charge in [-0.2, -0.15) is 0 Å². The average Bonchev–Trinajstić information content (AvgIpc) is 2.65. The second-order valence-corrected chi connectivity index (χ2v) is 7.20. The van der Waals surface area contributed by atoms with E-state index < -0.39 is 29.7 Å². The Kier molecular flexibility index (Phi) is 12.3. The fourth-order valence-electron chi connectivity index (χ4n) is 3.27. The summed E-state index contributed by atoms with van der Waals surface area (Å²) in [5.41, 5.74) is -0.205. The molecule has 7 heteroatoms. The number of aliphatic hydroxyl groups is 2. The van der Waals surface area contributed by atoms with E-state index in [0.29, 0.717) is 31.7 Å². The Labute approximate surface area is 164 Å². The molecule has 3 nitrogen and oxygen atoms in total. The summed E-state index contributed by atoms with van der Waals surface area (Å²) in [4.78, 5) is 0. The lowest BCUT2D eigenvalue weighted by atomic mass is 10.0. The first-order chi connectivity index (χ1) is 13.4. The third kappa shape index (κ3) is 9.34. The molecule has 0 heterocycles. The van der Waals surface area contributed by atoms with Gasteiger partial charge in [0.15, 0.2) is 23.3 Å². The summed E-state index contributed by atoms with van der Waals surface area (Å²) in [6.45, 7) is 0.312. The van der Waals surface area contributed by atoms with E-state index >= 15 is 0 Å². The van der Waals surface area contributed by atoms with Crippen molar-refractivity contribution in [2.75, 3.05) is 0 Å². The SMILES string of the molecule is CCCCCCCCCC(CCCCc1cc(F)c(F)c(F)c1F)OC(O)O. The summed E-state index contributed by atoms with van der Waals surface area (Å²) in [6.07, 6.45) is 9.83. The van der Waals surface area contributed by atoms with E-state index in [1.165, 1.54) is 25.7 Å². The minimum absolute atomic E-state index is 0.0613. The Morgan fingerprint density at radius 2 is 1.36 bits per heavy atom.